The molecule has 2 heteroatoms. The molecule has 0 radical (unpaired) electrons. The van der Waals surface area contributed by atoms with Crippen molar-refractivity contribution < 1.29 is 5.11 Å². The molecule has 2 aromatic rings. The molecule has 0 aromatic heterocycles. The van der Waals surface area contributed by atoms with Gasteiger partial charge in [0.15, 0.2) is 0 Å². The van der Waals surface area contributed by atoms with Gasteiger partial charge in [-0.15, -0.1) is 0 Å². The lowest BCUT2D eigenvalue weighted by Gasteiger charge is -2.31. The van der Waals surface area contributed by atoms with Crippen molar-refractivity contribution in [2.24, 2.45) is 16.8 Å². The number of nitrogens with zero attached hydrogens (tertiary/aromatic N) is 1. The van der Waals surface area contributed by atoms with Gasteiger partial charge in [0.05, 0.1) is 6.04 Å². The van der Waals surface area contributed by atoms with Gasteiger partial charge in [-0.3, -0.25) is 4.99 Å². The van der Waals surface area contributed by atoms with Crippen LogP contribution in [0.25, 0.3) is 11.1 Å². The number of hydrogen-bond acceptors (Lipinski definition) is 2. The molecule has 1 N–H and O–H groups in total. The summed E-state index contributed by atoms with van der Waals surface area (Å²) in [5, 5.41) is 11.2. The van der Waals surface area contributed by atoms with E-state index >= 15 is 0 Å². The van der Waals surface area contributed by atoms with E-state index in [9.17, 15) is 5.11 Å². The van der Waals surface area contributed by atoms with Crippen molar-refractivity contribution in [1.29, 1.82) is 0 Å². The Morgan fingerprint density at radius 3 is 2.38 bits per heavy atom. The van der Waals surface area contributed by atoms with E-state index in [1.54, 1.807) is 0 Å². The Morgan fingerprint density at radius 2 is 1.62 bits per heavy atom. The molecule has 2 aliphatic rings. The van der Waals surface area contributed by atoms with Crippen LogP contribution in [0, 0.1) is 11.8 Å². The van der Waals surface area contributed by atoms with Gasteiger partial charge in [0.1, 0.15) is 5.75 Å². The molecule has 0 amide bonds. The third-order valence-electron chi connectivity index (χ3n) is 7.39. The van der Waals surface area contributed by atoms with Crippen molar-refractivity contribution in [3.63, 3.8) is 0 Å². The molecule has 2 saturated carbocycles. The number of aliphatic imine (C=N–C) groups is 1. The molecule has 3 atom stereocenters. The van der Waals surface area contributed by atoms with Crippen molar-refractivity contribution >= 4 is 6.21 Å². The number of rotatable bonds is 4. The van der Waals surface area contributed by atoms with Gasteiger partial charge in [-0.25, -0.2) is 0 Å². The summed E-state index contributed by atoms with van der Waals surface area (Å²) in [7, 11) is 0. The minimum absolute atomic E-state index is 0.372. The Bertz CT molecular complexity index is 835. The molecule has 0 bridgehead atoms. The van der Waals surface area contributed by atoms with E-state index < -0.39 is 0 Å². The summed E-state index contributed by atoms with van der Waals surface area (Å²) in [5.74, 6) is 2.26. The number of phenols is 1. The first-order chi connectivity index (χ1) is 14.1. The fourth-order valence-electron chi connectivity index (χ4n) is 5.24. The second-order valence-corrected chi connectivity index (χ2v) is 9.32. The molecule has 2 fully saturated rings. The van der Waals surface area contributed by atoms with Crippen molar-refractivity contribution in [1.82, 2.24) is 0 Å². The Labute approximate surface area is 176 Å². The average molecular weight is 390 g/mol. The van der Waals surface area contributed by atoms with Crippen molar-refractivity contribution in [2.75, 3.05) is 0 Å². The van der Waals surface area contributed by atoms with Crippen LogP contribution in [0.5, 0.6) is 5.75 Å². The number of benzene rings is 2. The van der Waals surface area contributed by atoms with E-state index in [0.29, 0.717) is 23.6 Å². The minimum Gasteiger partial charge on any atom is -0.507 e. The summed E-state index contributed by atoms with van der Waals surface area (Å²) in [6.45, 7) is 4.68. The predicted octanol–water partition coefficient (Wildman–Crippen LogP) is 7.35. The van der Waals surface area contributed by atoms with Gasteiger partial charge in [0.25, 0.3) is 0 Å². The number of aromatic hydroxyl groups is 1. The highest BCUT2D eigenvalue weighted by Crippen LogP contribution is 2.41. The molecule has 2 aliphatic carbocycles. The molecule has 0 spiro atoms. The van der Waals surface area contributed by atoms with Crippen LogP contribution in [0.3, 0.4) is 0 Å². The van der Waals surface area contributed by atoms with Gasteiger partial charge in [-0.1, -0.05) is 76.3 Å². The molecule has 154 valence electrons. The Balaban J connectivity index is 1.70. The zero-order valence-corrected chi connectivity index (χ0v) is 18.0. The summed E-state index contributed by atoms with van der Waals surface area (Å²) in [5.41, 5.74) is 4.41. The third kappa shape index (κ3) is 4.57. The third-order valence-corrected chi connectivity index (χ3v) is 7.39. The van der Waals surface area contributed by atoms with Crippen LogP contribution in [-0.2, 0) is 0 Å². The minimum atomic E-state index is 0.372. The molecule has 29 heavy (non-hydrogen) atoms. The van der Waals surface area contributed by atoms with E-state index in [-0.39, 0.29) is 0 Å². The molecular formula is C27H35NO. The molecule has 2 nitrogen and oxygen atoms in total. The maximum Gasteiger partial charge on any atom is 0.127 e. The van der Waals surface area contributed by atoms with E-state index in [0.717, 1.165) is 23.5 Å². The van der Waals surface area contributed by atoms with Gasteiger partial charge < -0.3 is 5.11 Å². The highest BCUT2D eigenvalue weighted by Gasteiger charge is 2.26. The normalized spacial score (nSPS) is 26.1. The highest BCUT2D eigenvalue weighted by molar-refractivity contribution is 5.87. The van der Waals surface area contributed by atoms with E-state index in [1.807, 2.05) is 6.21 Å². The van der Waals surface area contributed by atoms with Crippen molar-refractivity contribution in [3.8, 4) is 16.9 Å². The average Bonchev–Trinajstić information content (AvgIpc) is 2.77. The SMILES string of the molecule is CC1CCCC(N=Cc2cc(-c3ccccc3)cc(C3CCCCC3)c2O)C1C. The summed E-state index contributed by atoms with van der Waals surface area (Å²) in [6.07, 6.45) is 11.9. The zero-order valence-electron chi connectivity index (χ0n) is 18.0. The summed E-state index contributed by atoms with van der Waals surface area (Å²) in [6, 6.07) is 15.3. The second-order valence-electron chi connectivity index (χ2n) is 9.32. The summed E-state index contributed by atoms with van der Waals surface area (Å²) in [4.78, 5) is 4.98. The molecule has 0 aliphatic heterocycles. The van der Waals surface area contributed by atoms with Gasteiger partial charge in [-0.05, 0) is 65.8 Å². The van der Waals surface area contributed by atoms with Crippen LogP contribution in [0.15, 0.2) is 47.5 Å². The lowest BCUT2D eigenvalue weighted by atomic mass is 9.78. The van der Waals surface area contributed by atoms with Crippen LogP contribution in [0.2, 0.25) is 0 Å². The smallest absolute Gasteiger partial charge is 0.127 e. The lowest BCUT2D eigenvalue weighted by molar-refractivity contribution is 0.242. The fourth-order valence-corrected chi connectivity index (χ4v) is 5.24. The van der Waals surface area contributed by atoms with Crippen LogP contribution in [0.4, 0.5) is 0 Å². The molecule has 0 heterocycles. The van der Waals surface area contributed by atoms with Crippen LogP contribution >= 0.6 is 0 Å². The van der Waals surface area contributed by atoms with Gasteiger partial charge >= 0.3 is 0 Å². The Kier molecular flexibility index (Phi) is 6.37. The molecule has 0 saturated heterocycles. The van der Waals surface area contributed by atoms with Gasteiger partial charge in [0, 0.05) is 11.8 Å². The first-order valence-corrected chi connectivity index (χ1v) is 11.6. The van der Waals surface area contributed by atoms with E-state index in [1.165, 1.54) is 56.1 Å². The second kappa shape index (κ2) is 9.15. The standard InChI is InChI=1S/C27H35NO/c1-19-10-9-15-26(20(19)2)28-18-24-16-23(21-11-5-3-6-12-21)17-25(27(24)29)22-13-7-4-8-14-22/h3,5-6,11-12,16-20,22,26,29H,4,7-10,13-15H2,1-2H3. The van der Waals surface area contributed by atoms with Crippen molar-refractivity contribution in [2.45, 2.75) is 77.2 Å². The summed E-state index contributed by atoms with van der Waals surface area (Å²) < 4.78 is 0. The number of phenolic OH excluding ortho intramolecular Hbond substituents is 1. The number of hydrogen-bond donors (Lipinski definition) is 1. The Hall–Kier alpha value is -2.09. The molecule has 2 aromatic carbocycles. The summed E-state index contributed by atoms with van der Waals surface area (Å²) >= 11 is 0. The first kappa shape index (κ1) is 20.2. The lowest BCUT2D eigenvalue weighted by Crippen LogP contribution is -2.27. The highest BCUT2D eigenvalue weighted by atomic mass is 16.3. The Morgan fingerprint density at radius 1 is 0.862 bits per heavy atom. The van der Waals surface area contributed by atoms with E-state index in [4.69, 9.17) is 4.99 Å². The topological polar surface area (TPSA) is 32.6 Å². The zero-order chi connectivity index (χ0) is 20.2. The molecule has 4 rings (SSSR count). The maximum absolute atomic E-state index is 11.2. The molecular weight excluding hydrogens is 354 g/mol. The maximum atomic E-state index is 11.2. The quantitative estimate of drug-likeness (QED) is 0.545. The first-order valence-electron chi connectivity index (χ1n) is 11.6. The fraction of sp³-hybridized carbons (Fsp3) is 0.519. The van der Waals surface area contributed by atoms with Crippen molar-refractivity contribution in [3.05, 3.63) is 53.6 Å². The van der Waals surface area contributed by atoms with Gasteiger partial charge in [0.2, 0.25) is 0 Å². The monoisotopic (exact) mass is 389 g/mol. The van der Waals surface area contributed by atoms with Crippen LogP contribution in [0.1, 0.15) is 82.3 Å². The van der Waals surface area contributed by atoms with Crippen LogP contribution in [-0.4, -0.2) is 17.4 Å². The molecule has 3 unspecified atom stereocenters. The van der Waals surface area contributed by atoms with E-state index in [2.05, 4.69) is 56.3 Å². The largest absolute Gasteiger partial charge is 0.507 e. The van der Waals surface area contributed by atoms with Crippen LogP contribution < -0.4 is 0 Å². The predicted molar refractivity (Wildman–Crippen MR) is 123 cm³/mol. The van der Waals surface area contributed by atoms with Gasteiger partial charge in [-0.2, -0.15) is 0 Å².